The Labute approximate surface area is 127 Å². The molecule has 1 fully saturated rings. The third-order valence-electron chi connectivity index (χ3n) is 4.34. The van der Waals surface area contributed by atoms with Crippen LogP contribution in [-0.2, 0) is 0 Å². The number of aromatic nitrogens is 1. The summed E-state index contributed by atoms with van der Waals surface area (Å²) < 4.78 is 0. The molecular formula is C16H29N3S. The second-order valence-electron chi connectivity index (χ2n) is 7.03. The Kier molecular flexibility index (Phi) is 5.08. The first kappa shape index (κ1) is 15.8. The van der Waals surface area contributed by atoms with E-state index < -0.39 is 0 Å². The van der Waals surface area contributed by atoms with Crippen molar-refractivity contribution in [2.24, 2.45) is 11.3 Å². The fourth-order valence-corrected chi connectivity index (χ4v) is 3.68. The Hall–Kier alpha value is -0.610. The number of nitrogens with one attached hydrogen (secondary N) is 1. The summed E-state index contributed by atoms with van der Waals surface area (Å²) in [7, 11) is 0. The van der Waals surface area contributed by atoms with Crippen molar-refractivity contribution < 1.29 is 0 Å². The van der Waals surface area contributed by atoms with E-state index in [-0.39, 0.29) is 0 Å². The van der Waals surface area contributed by atoms with E-state index in [0.717, 1.165) is 25.6 Å². The van der Waals surface area contributed by atoms with Crippen LogP contribution in [0.5, 0.6) is 0 Å². The van der Waals surface area contributed by atoms with E-state index in [1.165, 1.54) is 23.7 Å². The van der Waals surface area contributed by atoms with Gasteiger partial charge in [-0.2, -0.15) is 0 Å². The normalized spacial score (nSPS) is 21.4. The van der Waals surface area contributed by atoms with Crippen molar-refractivity contribution in [3.05, 3.63) is 11.1 Å². The van der Waals surface area contributed by atoms with Gasteiger partial charge in [-0.05, 0) is 37.6 Å². The third-order valence-corrected chi connectivity index (χ3v) is 5.26. The zero-order valence-electron chi connectivity index (χ0n) is 13.6. The second-order valence-corrected chi connectivity index (χ2v) is 7.86. The fourth-order valence-electron chi connectivity index (χ4n) is 2.73. The van der Waals surface area contributed by atoms with Gasteiger partial charge in [-0.25, -0.2) is 4.98 Å². The molecule has 2 unspecified atom stereocenters. The molecule has 2 heterocycles. The monoisotopic (exact) mass is 295 g/mol. The molecule has 20 heavy (non-hydrogen) atoms. The van der Waals surface area contributed by atoms with Gasteiger partial charge < -0.3 is 10.2 Å². The third kappa shape index (κ3) is 3.73. The summed E-state index contributed by atoms with van der Waals surface area (Å²) in [4.78, 5) is 7.31. The molecule has 2 atom stereocenters. The Morgan fingerprint density at radius 2 is 2.25 bits per heavy atom. The SMILES string of the molecule is CCCNC(C)c1csc(N2CCC(C(C)(C)C)C2)n1. The molecule has 3 nitrogen and oxygen atoms in total. The van der Waals surface area contributed by atoms with Gasteiger partial charge in [0.2, 0.25) is 0 Å². The van der Waals surface area contributed by atoms with Crippen molar-refractivity contribution in [2.75, 3.05) is 24.5 Å². The van der Waals surface area contributed by atoms with Crippen molar-refractivity contribution >= 4 is 16.5 Å². The van der Waals surface area contributed by atoms with Crippen molar-refractivity contribution in [2.45, 2.75) is 53.5 Å². The van der Waals surface area contributed by atoms with E-state index in [1.807, 2.05) is 0 Å². The summed E-state index contributed by atoms with van der Waals surface area (Å²) in [5.41, 5.74) is 1.60. The molecule has 4 heteroatoms. The number of anilines is 1. The number of thiazole rings is 1. The standard InChI is InChI=1S/C16H29N3S/c1-6-8-17-12(2)14-11-20-15(18-14)19-9-7-13(10-19)16(3,4)5/h11-13,17H,6-10H2,1-5H3. The van der Waals surface area contributed by atoms with Gasteiger partial charge in [-0.3, -0.25) is 0 Å². The van der Waals surface area contributed by atoms with Crippen LogP contribution in [0, 0.1) is 11.3 Å². The summed E-state index contributed by atoms with van der Waals surface area (Å²) in [5, 5.41) is 6.93. The molecule has 1 N–H and O–H groups in total. The minimum atomic E-state index is 0.362. The van der Waals surface area contributed by atoms with Gasteiger partial charge in [0.05, 0.1) is 5.69 Å². The molecule has 1 aliphatic rings. The predicted molar refractivity (Wildman–Crippen MR) is 88.6 cm³/mol. The van der Waals surface area contributed by atoms with Crippen LogP contribution in [0.15, 0.2) is 5.38 Å². The quantitative estimate of drug-likeness (QED) is 0.887. The maximum Gasteiger partial charge on any atom is 0.185 e. The Morgan fingerprint density at radius 1 is 1.50 bits per heavy atom. The average molecular weight is 295 g/mol. The number of nitrogens with zero attached hydrogens (tertiary/aromatic N) is 2. The highest BCUT2D eigenvalue weighted by atomic mass is 32.1. The zero-order valence-corrected chi connectivity index (χ0v) is 14.4. The first-order valence-corrected chi connectivity index (χ1v) is 8.73. The highest BCUT2D eigenvalue weighted by Crippen LogP contribution is 2.36. The molecule has 1 saturated heterocycles. The lowest BCUT2D eigenvalue weighted by Gasteiger charge is -2.26. The van der Waals surface area contributed by atoms with Gasteiger partial charge in [0, 0.05) is 24.5 Å². The van der Waals surface area contributed by atoms with Crippen LogP contribution >= 0.6 is 11.3 Å². The van der Waals surface area contributed by atoms with Crippen LogP contribution in [0.2, 0.25) is 0 Å². The topological polar surface area (TPSA) is 28.2 Å². The first-order valence-electron chi connectivity index (χ1n) is 7.85. The van der Waals surface area contributed by atoms with Crippen LogP contribution < -0.4 is 10.2 Å². The maximum absolute atomic E-state index is 4.84. The van der Waals surface area contributed by atoms with Crippen LogP contribution in [0.1, 0.15) is 59.2 Å². The molecule has 1 aromatic heterocycles. The molecule has 114 valence electrons. The molecule has 0 saturated carbocycles. The van der Waals surface area contributed by atoms with Crippen molar-refractivity contribution in [1.29, 1.82) is 0 Å². The van der Waals surface area contributed by atoms with Gasteiger partial charge in [0.1, 0.15) is 0 Å². The van der Waals surface area contributed by atoms with Crippen molar-refractivity contribution in [3.63, 3.8) is 0 Å². The molecule has 0 amide bonds. The smallest absolute Gasteiger partial charge is 0.185 e. The lowest BCUT2D eigenvalue weighted by atomic mass is 9.80. The average Bonchev–Trinajstić information content (AvgIpc) is 3.02. The Bertz CT molecular complexity index is 422. The summed E-state index contributed by atoms with van der Waals surface area (Å²) in [5.74, 6) is 0.783. The van der Waals surface area contributed by atoms with Crippen LogP contribution in [0.25, 0.3) is 0 Å². The van der Waals surface area contributed by atoms with E-state index in [4.69, 9.17) is 4.98 Å². The lowest BCUT2D eigenvalue weighted by molar-refractivity contribution is 0.263. The number of hydrogen-bond acceptors (Lipinski definition) is 4. The van der Waals surface area contributed by atoms with Crippen LogP contribution in [0.3, 0.4) is 0 Å². The largest absolute Gasteiger partial charge is 0.348 e. The molecule has 0 aliphatic carbocycles. The molecule has 0 aromatic carbocycles. The van der Waals surface area contributed by atoms with E-state index in [0.29, 0.717) is 11.5 Å². The van der Waals surface area contributed by atoms with Gasteiger partial charge in [0.25, 0.3) is 0 Å². The Morgan fingerprint density at radius 3 is 2.85 bits per heavy atom. The lowest BCUT2D eigenvalue weighted by Crippen LogP contribution is -2.26. The van der Waals surface area contributed by atoms with Crippen LogP contribution in [0.4, 0.5) is 5.13 Å². The van der Waals surface area contributed by atoms with E-state index in [9.17, 15) is 0 Å². The minimum absolute atomic E-state index is 0.362. The molecular weight excluding hydrogens is 266 g/mol. The first-order chi connectivity index (χ1) is 9.41. The van der Waals surface area contributed by atoms with Crippen molar-refractivity contribution in [1.82, 2.24) is 10.3 Å². The number of rotatable bonds is 5. The van der Waals surface area contributed by atoms with Gasteiger partial charge in [0.15, 0.2) is 5.13 Å². The minimum Gasteiger partial charge on any atom is -0.348 e. The van der Waals surface area contributed by atoms with Gasteiger partial charge >= 0.3 is 0 Å². The van der Waals surface area contributed by atoms with Crippen LogP contribution in [-0.4, -0.2) is 24.6 Å². The summed E-state index contributed by atoms with van der Waals surface area (Å²) >= 11 is 1.80. The zero-order chi connectivity index (χ0) is 14.8. The summed E-state index contributed by atoms with van der Waals surface area (Å²) in [6.45, 7) is 14.8. The van der Waals surface area contributed by atoms with Gasteiger partial charge in [-0.15, -0.1) is 11.3 Å². The second kappa shape index (κ2) is 6.44. The molecule has 1 aromatic rings. The summed E-state index contributed by atoms with van der Waals surface area (Å²) in [6.07, 6.45) is 2.46. The van der Waals surface area contributed by atoms with Crippen molar-refractivity contribution in [3.8, 4) is 0 Å². The fraction of sp³-hybridized carbons (Fsp3) is 0.812. The highest BCUT2D eigenvalue weighted by Gasteiger charge is 2.32. The van der Waals surface area contributed by atoms with E-state index in [2.05, 4.69) is 50.2 Å². The molecule has 1 aliphatic heterocycles. The highest BCUT2D eigenvalue weighted by molar-refractivity contribution is 7.13. The summed E-state index contributed by atoms with van der Waals surface area (Å²) in [6, 6.07) is 0.362. The molecule has 2 rings (SSSR count). The number of hydrogen-bond donors (Lipinski definition) is 1. The maximum atomic E-state index is 4.84. The molecule has 0 radical (unpaired) electrons. The van der Waals surface area contributed by atoms with E-state index in [1.54, 1.807) is 11.3 Å². The van der Waals surface area contributed by atoms with E-state index >= 15 is 0 Å². The molecule has 0 spiro atoms. The predicted octanol–water partition coefficient (Wildman–Crippen LogP) is 4.08. The Balaban J connectivity index is 1.96. The van der Waals surface area contributed by atoms with Gasteiger partial charge in [-0.1, -0.05) is 27.7 Å². The molecule has 0 bridgehead atoms.